The third-order valence-electron chi connectivity index (χ3n) is 5.96. The Balaban J connectivity index is 1.44. The molecule has 4 aliphatic rings. The summed E-state index contributed by atoms with van der Waals surface area (Å²) >= 11 is 2.03. The van der Waals surface area contributed by atoms with E-state index in [1.165, 1.54) is 24.3 Å². The van der Waals surface area contributed by atoms with Gasteiger partial charge in [0.15, 0.2) is 0 Å². The number of nitrogens with one attached hydrogen (secondary N) is 1. The molecule has 4 unspecified atom stereocenters. The van der Waals surface area contributed by atoms with Crippen LogP contribution >= 0.6 is 11.8 Å². The molecule has 3 nitrogen and oxygen atoms in total. The summed E-state index contributed by atoms with van der Waals surface area (Å²) < 4.78 is 6.13. The third kappa shape index (κ3) is 2.34. The van der Waals surface area contributed by atoms with Gasteiger partial charge in [0, 0.05) is 30.5 Å². The monoisotopic (exact) mass is 295 g/mol. The molecule has 0 radical (unpaired) electrons. The van der Waals surface area contributed by atoms with E-state index in [9.17, 15) is 4.79 Å². The molecule has 4 fully saturated rings. The van der Waals surface area contributed by atoms with Crippen LogP contribution in [0.3, 0.4) is 0 Å². The number of ketones is 1. The second-order valence-electron chi connectivity index (χ2n) is 7.13. The third-order valence-corrected chi connectivity index (χ3v) is 6.95. The maximum absolute atomic E-state index is 12.9. The van der Waals surface area contributed by atoms with E-state index >= 15 is 0 Å². The molecule has 4 saturated heterocycles. The van der Waals surface area contributed by atoms with Crippen molar-refractivity contribution in [1.29, 1.82) is 0 Å². The van der Waals surface area contributed by atoms with Crippen molar-refractivity contribution in [3.8, 4) is 0 Å². The van der Waals surface area contributed by atoms with Crippen LogP contribution in [0.15, 0.2) is 0 Å². The number of ether oxygens (including phenoxy) is 1. The standard InChI is InChI=1S/C16H25NO2S/c18-15(13-9-12-1-2-14(13)17-12)11-3-6-19-16(10-11)4-7-20-8-5-16/h11-14,17H,1-10H2. The van der Waals surface area contributed by atoms with Crippen molar-refractivity contribution in [2.45, 2.75) is 62.6 Å². The largest absolute Gasteiger partial charge is 0.375 e. The van der Waals surface area contributed by atoms with Crippen LogP contribution in [0.1, 0.15) is 44.9 Å². The minimum Gasteiger partial charge on any atom is -0.375 e. The van der Waals surface area contributed by atoms with Crippen LogP contribution in [0.2, 0.25) is 0 Å². The van der Waals surface area contributed by atoms with Gasteiger partial charge in [0.05, 0.1) is 5.60 Å². The molecular formula is C16H25NO2S. The quantitative estimate of drug-likeness (QED) is 0.849. The van der Waals surface area contributed by atoms with Crippen molar-refractivity contribution < 1.29 is 9.53 Å². The van der Waals surface area contributed by atoms with Crippen molar-refractivity contribution in [2.24, 2.45) is 11.8 Å². The molecule has 2 bridgehead atoms. The molecule has 0 aromatic heterocycles. The second kappa shape index (κ2) is 5.29. The van der Waals surface area contributed by atoms with Crippen LogP contribution < -0.4 is 5.32 Å². The Labute approximate surface area is 125 Å². The zero-order valence-electron chi connectivity index (χ0n) is 12.1. The lowest BCUT2D eigenvalue weighted by Crippen LogP contribution is -2.46. The number of rotatable bonds is 2. The van der Waals surface area contributed by atoms with E-state index in [1.54, 1.807) is 0 Å². The molecule has 1 N–H and O–H groups in total. The van der Waals surface area contributed by atoms with Crippen LogP contribution in [0.4, 0.5) is 0 Å². The number of carbonyl (C=O) groups is 1. The summed E-state index contributed by atoms with van der Waals surface area (Å²) in [6, 6.07) is 1.13. The SMILES string of the molecule is O=C(C1CCOC2(CCSCC2)C1)C1CC2CCC1N2. The first kappa shape index (κ1) is 13.6. The highest BCUT2D eigenvalue weighted by atomic mass is 32.2. The Morgan fingerprint density at radius 3 is 2.75 bits per heavy atom. The van der Waals surface area contributed by atoms with E-state index in [4.69, 9.17) is 4.74 Å². The summed E-state index contributed by atoms with van der Waals surface area (Å²) in [5.74, 6) is 3.56. The molecule has 112 valence electrons. The van der Waals surface area contributed by atoms with Crippen LogP contribution in [-0.4, -0.2) is 41.6 Å². The Kier molecular flexibility index (Phi) is 3.60. The van der Waals surface area contributed by atoms with Gasteiger partial charge in [-0.1, -0.05) is 0 Å². The lowest BCUT2D eigenvalue weighted by molar-refractivity contribution is -0.142. The molecule has 4 heteroatoms. The zero-order valence-corrected chi connectivity index (χ0v) is 12.9. The summed E-state index contributed by atoms with van der Waals surface area (Å²) in [7, 11) is 0. The topological polar surface area (TPSA) is 38.3 Å². The molecule has 0 aliphatic carbocycles. The molecule has 4 heterocycles. The first-order chi connectivity index (χ1) is 9.76. The molecule has 4 rings (SSSR count). The Bertz CT molecular complexity index is 388. The smallest absolute Gasteiger partial charge is 0.140 e. The zero-order chi connectivity index (χ0) is 13.6. The molecule has 4 aliphatic heterocycles. The molecule has 4 atom stereocenters. The van der Waals surface area contributed by atoms with Gasteiger partial charge in [-0.2, -0.15) is 11.8 Å². The number of fused-ring (bicyclic) bond motifs is 2. The van der Waals surface area contributed by atoms with Gasteiger partial charge in [-0.15, -0.1) is 0 Å². The van der Waals surface area contributed by atoms with E-state index in [2.05, 4.69) is 5.32 Å². The first-order valence-electron chi connectivity index (χ1n) is 8.27. The Morgan fingerprint density at radius 2 is 2.05 bits per heavy atom. The summed E-state index contributed by atoms with van der Waals surface area (Å²) in [5.41, 5.74) is 0.0505. The van der Waals surface area contributed by atoms with E-state index < -0.39 is 0 Å². The fraction of sp³-hybridized carbons (Fsp3) is 0.938. The highest BCUT2D eigenvalue weighted by Crippen LogP contribution is 2.43. The fourth-order valence-electron chi connectivity index (χ4n) is 4.80. The average Bonchev–Trinajstić information content (AvgIpc) is 3.10. The lowest BCUT2D eigenvalue weighted by Gasteiger charge is -2.43. The van der Waals surface area contributed by atoms with Gasteiger partial charge < -0.3 is 10.1 Å². The molecule has 0 saturated carbocycles. The maximum atomic E-state index is 12.9. The number of hydrogen-bond donors (Lipinski definition) is 1. The van der Waals surface area contributed by atoms with Gasteiger partial charge in [0.2, 0.25) is 0 Å². The summed E-state index contributed by atoms with van der Waals surface area (Å²) in [6.45, 7) is 0.801. The molecular weight excluding hydrogens is 270 g/mol. The molecule has 0 aromatic rings. The number of Topliss-reactive ketones (excluding diaryl/α,β-unsaturated/α-hetero) is 1. The minimum absolute atomic E-state index is 0.0505. The Morgan fingerprint density at radius 1 is 1.20 bits per heavy atom. The van der Waals surface area contributed by atoms with Crippen molar-refractivity contribution in [3.05, 3.63) is 0 Å². The van der Waals surface area contributed by atoms with Crippen molar-refractivity contribution in [3.63, 3.8) is 0 Å². The normalized spacial score (nSPS) is 43.0. The Hall–Kier alpha value is -0.0600. The second-order valence-corrected chi connectivity index (χ2v) is 8.35. The fourth-order valence-corrected chi connectivity index (χ4v) is 6.04. The van der Waals surface area contributed by atoms with Crippen molar-refractivity contribution >= 4 is 17.5 Å². The first-order valence-corrected chi connectivity index (χ1v) is 9.43. The predicted octanol–water partition coefficient (Wildman–Crippen LogP) is 2.39. The van der Waals surface area contributed by atoms with E-state index in [0.717, 1.165) is 38.7 Å². The maximum Gasteiger partial charge on any atom is 0.140 e. The minimum atomic E-state index is 0.0505. The molecule has 0 aromatic carbocycles. The van der Waals surface area contributed by atoms with Gasteiger partial charge in [-0.05, 0) is 56.5 Å². The number of hydrogen-bond acceptors (Lipinski definition) is 4. The summed E-state index contributed by atoms with van der Waals surface area (Å²) in [4.78, 5) is 12.9. The molecule has 1 spiro atoms. The number of thioether (sulfide) groups is 1. The molecule has 20 heavy (non-hydrogen) atoms. The average molecular weight is 295 g/mol. The van der Waals surface area contributed by atoms with Crippen molar-refractivity contribution in [2.75, 3.05) is 18.1 Å². The van der Waals surface area contributed by atoms with Crippen LogP contribution in [0.5, 0.6) is 0 Å². The molecule has 0 amide bonds. The predicted molar refractivity (Wildman–Crippen MR) is 81.0 cm³/mol. The van der Waals surface area contributed by atoms with Gasteiger partial charge >= 0.3 is 0 Å². The summed E-state index contributed by atoms with van der Waals surface area (Å²) in [6.07, 6.45) is 7.86. The van der Waals surface area contributed by atoms with Gasteiger partial charge in [-0.25, -0.2) is 0 Å². The van der Waals surface area contributed by atoms with Crippen molar-refractivity contribution in [1.82, 2.24) is 5.32 Å². The van der Waals surface area contributed by atoms with E-state index in [0.29, 0.717) is 23.8 Å². The van der Waals surface area contributed by atoms with Gasteiger partial charge in [0.1, 0.15) is 5.78 Å². The van der Waals surface area contributed by atoms with E-state index in [-0.39, 0.29) is 11.5 Å². The van der Waals surface area contributed by atoms with Gasteiger partial charge in [0.25, 0.3) is 0 Å². The highest BCUT2D eigenvalue weighted by Gasteiger charge is 2.47. The lowest BCUT2D eigenvalue weighted by atomic mass is 9.74. The highest BCUT2D eigenvalue weighted by molar-refractivity contribution is 7.99. The number of carbonyl (C=O) groups excluding carboxylic acids is 1. The van der Waals surface area contributed by atoms with Gasteiger partial charge in [-0.3, -0.25) is 4.79 Å². The van der Waals surface area contributed by atoms with E-state index in [1.807, 2.05) is 11.8 Å². The van der Waals surface area contributed by atoms with Crippen LogP contribution in [-0.2, 0) is 9.53 Å². The summed E-state index contributed by atoms with van der Waals surface area (Å²) in [5, 5.41) is 3.61. The van der Waals surface area contributed by atoms with Crippen LogP contribution in [0, 0.1) is 11.8 Å². The van der Waals surface area contributed by atoms with Crippen LogP contribution in [0.25, 0.3) is 0 Å².